The smallest absolute Gasteiger partial charge is 0.408 e. The number of nitrogens with one attached hydrogen (secondary N) is 2. The van der Waals surface area contributed by atoms with E-state index in [0.717, 1.165) is 11.4 Å². The Bertz CT molecular complexity index is 750. The SMILES string of the molecule is CSCCC(NC(=O)OC(C)(C)C)C(=O)Nc1nc2scc(C)n2n1. The van der Waals surface area contributed by atoms with Crippen molar-refractivity contribution in [2.75, 3.05) is 17.3 Å². The molecule has 1 atom stereocenters. The van der Waals surface area contributed by atoms with E-state index in [0.29, 0.717) is 11.4 Å². The number of hydrogen-bond acceptors (Lipinski definition) is 7. The summed E-state index contributed by atoms with van der Waals surface area (Å²) in [6, 6.07) is -0.718. The van der Waals surface area contributed by atoms with Gasteiger partial charge in [0.2, 0.25) is 10.9 Å². The molecule has 0 saturated carbocycles. The van der Waals surface area contributed by atoms with Crippen molar-refractivity contribution in [3.05, 3.63) is 11.1 Å². The molecule has 0 fully saturated rings. The number of rotatable bonds is 6. The molecule has 0 radical (unpaired) electrons. The molecule has 0 aromatic carbocycles. The number of thiazole rings is 1. The van der Waals surface area contributed by atoms with Gasteiger partial charge in [0.15, 0.2) is 0 Å². The summed E-state index contributed by atoms with van der Waals surface area (Å²) >= 11 is 3.04. The van der Waals surface area contributed by atoms with Crippen LogP contribution in [0.5, 0.6) is 0 Å². The Balaban J connectivity index is 2.04. The fourth-order valence-electron chi connectivity index (χ4n) is 2.00. The molecule has 2 N–H and O–H groups in total. The molecule has 0 saturated heterocycles. The zero-order valence-corrected chi connectivity index (χ0v) is 16.6. The lowest BCUT2D eigenvalue weighted by atomic mass is 10.2. The lowest BCUT2D eigenvalue weighted by Gasteiger charge is -2.22. The summed E-state index contributed by atoms with van der Waals surface area (Å²) in [6.45, 7) is 7.23. The second-order valence-electron chi connectivity index (χ2n) is 6.48. The van der Waals surface area contributed by atoms with Gasteiger partial charge in [0.1, 0.15) is 11.6 Å². The maximum Gasteiger partial charge on any atom is 0.408 e. The zero-order chi connectivity index (χ0) is 18.6. The molecular formula is C15H23N5O3S2. The highest BCUT2D eigenvalue weighted by molar-refractivity contribution is 7.98. The maximum atomic E-state index is 12.5. The quantitative estimate of drug-likeness (QED) is 0.793. The molecule has 8 nitrogen and oxygen atoms in total. The van der Waals surface area contributed by atoms with Crippen LogP contribution in [0.4, 0.5) is 10.7 Å². The number of ether oxygens (including phenoxy) is 1. The standard InChI is InChI=1S/C15H23N5O3S2/c1-9-8-25-13-18-12(19-20(9)13)17-11(21)10(6-7-24-5)16-14(22)23-15(2,3)4/h8,10H,6-7H2,1-5H3,(H,16,22)(H,17,19,21). The lowest BCUT2D eigenvalue weighted by Crippen LogP contribution is -2.46. The van der Waals surface area contributed by atoms with E-state index in [2.05, 4.69) is 20.7 Å². The number of aromatic nitrogens is 3. The van der Waals surface area contributed by atoms with Gasteiger partial charge in [-0.15, -0.1) is 16.4 Å². The van der Waals surface area contributed by atoms with Crippen LogP contribution < -0.4 is 10.6 Å². The summed E-state index contributed by atoms with van der Waals surface area (Å²) in [5.74, 6) is 0.578. The largest absolute Gasteiger partial charge is 0.444 e. The molecule has 0 aliphatic carbocycles. The number of thioether (sulfide) groups is 1. The number of hydrogen-bond donors (Lipinski definition) is 2. The fourth-order valence-corrected chi connectivity index (χ4v) is 3.27. The molecule has 2 rings (SSSR count). The minimum absolute atomic E-state index is 0.222. The summed E-state index contributed by atoms with van der Waals surface area (Å²) in [5.41, 5.74) is 0.316. The van der Waals surface area contributed by atoms with Gasteiger partial charge in [0, 0.05) is 5.38 Å². The molecule has 1 unspecified atom stereocenters. The van der Waals surface area contributed by atoms with Gasteiger partial charge in [-0.25, -0.2) is 9.31 Å². The maximum absolute atomic E-state index is 12.5. The third-order valence-corrected chi connectivity index (χ3v) is 4.68. The highest BCUT2D eigenvalue weighted by atomic mass is 32.2. The number of fused-ring (bicyclic) bond motifs is 1. The van der Waals surface area contributed by atoms with Crippen molar-refractivity contribution in [1.29, 1.82) is 0 Å². The first-order valence-electron chi connectivity index (χ1n) is 7.80. The molecule has 0 aliphatic rings. The van der Waals surface area contributed by atoms with Crippen molar-refractivity contribution in [3.63, 3.8) is 0 Å². The molecule has 2 amide bonds. The van der Waals surface area contributed by atoms with Crippen LogP contribution >= 0.6 is 23.1 Å². The normalized spacial score (nSPS) is 12.8. The summed E-state index contributed by atoms with van der Waals surface area (Å²) in [7, 11) is 0. The molecule has 10 heteroatoms. The summed E-state index contributed by atoms with van der Waals surface area (Å²) < 4.78 is 6.89. The first-order valence-corrected chi connectivity index (χ1v) is 10.1. The third-order valence-electron chi connectivity index (χ3n) is 3.10. The van der Waals surface area contributed by atoms with Gasteiger partial charge in [-0.1, -0.05) is 0 Å². The van der Waals surface area contributed by atoms with E-state index < -0.39 is 17.7 Å². The predicted octanol–water partition coefficient (Wildman–Crippen LogP) is 2.68. The predicted molar refractivity (Wildman–Crippen MR) is 100 cm³/mol. The van der Waals surface area contributed by atoms with Crippen LogP contribution in [0, 0.1) is 6.92 Å². The minimum atomic E-state index is -0.718. The van der Waals surface area contributed by atoms with Crippen LogP contribution in [0.2, 0.25) is 0 Å². The molecular weight excluding hydrogens is 362 g/mol. The van der Waals surface area contributed by atoms with Crippen LogP contribution in [-0.4, -0.2) is 50.2 Å². The fraction of sp³-hybridized carbons (Fsp3) is 0.600. The monoisotopic (exact) mass is 385 g/mol. The number of amides is 2. The van der Waals surface area contributed by atoms with Gasteiger partial charge in [0.25, 0.3) is 5.95 Å². The van der Waals surface area contributed by atoms with Gasteiger partial charge in [-0.05, 0) is 46.1 Å². The first-order chi connectivity index (χ1) is 11.7. The van der Waals surface area contributed by atoms with Crippen molar-refractivity contribution in [2.24, 2.45) is 0 Å². The van der Waals surface area contributed by atoms with E-state index >= 15 is 0 Å². The molecule has 0 bridgehead atoms. The van der Waals surface area contributed by atoms with E-state index in [-0.39, 0.29) is 11.9 Å². The number of aryl methyl sites for hydroxylation is 1. The topological polar surface area (TPSA) is 97.6 Å². The van der Waals surface area contributed by atoms with Gasteiger partial charge < -0.3 is 10.1 Å². The van der Waals surface area contributed by atoms with E-state index in [1.165, 1.54) is 11.3 Å². The summed E-state index contributed by atoms with van der Waals surface area (Å²) in [5, 5.41) is 11.5. The van der Waals surface area contributed by atoms with Crippen LogP contribution in [0.15, 0.2) is 5.38 Å². The molecule has 0 spiro atoms. The highest BCUT2D eigenvalue weighted by Gasteiger charge is 2.25. The Morgan fingerprint density at radius 2 is 2.16 bits per heavy atom. The number of carbonyl (C=O) groups excluding carboxylic acids is 2. The summed E-state index contributed by atoms with van der Waals surface area (Å²) in [4.78, 5) is 29.5. The summed E-state index contributed by atoms with van der Waals surface area (Å²) in [6.07, 6.45) is 1.80. The average Bonchev–Trinajstić information content (AvgIpc) is 3.03. The third kappa shape index (κ3) is 5.60. The number of anilines is 1. The van der Waals surface area contributed by atoms with E-state index in [1.807, 2.05) is 18.6 Å². The van der Waals surface area contributed by atoms with Crippen LogP contribution in [0.1, 0.15) is 32.9 Å². The Kier molecular flexibility index (Phi) is 6.28. The Labute approximate surface area is 154 Å². The van der Waals surface area contributed by atoms with Crippen molar-refractivity contribution < 1.29 is 14.3 Å². The van der Waals surface area contributed by atoms with Crippen molar-refractivity contribution >= 4 is 46.0 Å². The first kappa shape index (κ1) is 19.5. The van der Waals surface area contributed by atoms with Gasteiger partial charge in [-0.2, -0.15) is 16.7 Å². The van der Waals surface area contributed by atoms with Crippen molar-refractivity contribution in [3.8, 4) is 0 Å². The van der Waals surface area contributed by atoms with Crippen LogP contribution in [0.25, 0.3) is 4.96 Å². The number of carbonyl (C=O) groups is 2. The van der Waals surface area contributed by atoms with Crippen LogP contribution in [0.3, 0.4) is 0 Å². The molecule has 2 aromatic heterocycles. The molecule has 0 aliphatic heterocycles. The molecule has 2 aromatic rings. The van der Waals surface area contributed by atoms with Gasteiger partial charge in [-0.3, -0.25) is 10.1 Å². The number of nitrogens with zero attached hydrogens (tertiary/aromatic N) is 3. The molecule has 2 heterocycles. The average molecular weight is 386 g/mol. The molecule has 25 heavy (non-hydrogen) atoms. The Hall–Kier alpha value is -1.81. The van der Waals surface area contributed by atoms with Gasteiger partial charge in [0.05, 0.1) is 5.69 Å². The Morgan fingerprint density at radius 3 is 2.76 bits per heavy atom. The van der Waals surface area contributed by atoms with Crippen molar-refractivity contribution in [2.45, 2.75) is 45.8 Å². The van der Waals surface area contributed by atoms with Crippen molar-refractivity contribution in [1.82, 2.24) is 19.9 Å². The second-order valence-corrected chi connectivity index (χ2v) is 8.30. The van der Waals surface area contributed by atoms with Crippen LogP contribution in [-0.2, 0) is 9.53 Å². The minimum Gasteiger partial charge on any atom is -0.444 e. The highest BCUT2D eigenvalue weighted by Crippen LogP contribution is 2.16. The zero-order valence-electron chi connectivity index (χ0n) is 15.0. The Morgan fingerprint density at radius 1 is 1.44 bits per heavy atom. The second kappa shape index (κ2) is 8.05. The van der Waals surface area contributed by atoms with Gasteiger partial charge >= 0.3 is 6.09 Å². The molecule has 138 valence electrons. The number of alkyl carbamates (subject to hydrolysis) is 1. The van der Waals surface area contributed by atoms with E-state index in [4.69, 9.17) is 4.74 Å². The van der Waals surface area contributed by atoms with E-state index in [1.54, 1.807) is 37.0 Å². The lowest BCUT2D eigenvalue weighted by molar-refractivity contribution is -0.118. The van der Waals surface area contributed by atoms with E-state index in [9.17, 15) is 9.59 Å².